The van der Waals surface area contributed by atoms with E-state index in [1.165, 1.54) is 17.7 Å². The predicted molar refractivity (Wildman–Crippen MR) is 72.6 cm³/mol. The maximum atomic E-state index is 12.9. The molecule has 0 spiro atoms. The summed E-state index contributed by atoms with van der Waals surface area (Å²) in [5, 5.41) is 4.11. The molecule has 0 saturated heterocycles. The summed E-state index contributed by atoms with van der Waals surface area (Å²) in [6, 6.07) is 16.6. The van der Waals surface area contributed by atoms with Crippen molar-refractivity contribution in [3.63, 3.8) is 0 Å². The van der Waals surface area contributed by atoms with E-state index >= 15 is 0 Å². The van der Waals surface area contributed by atoms with Crippen LogP contribution in [0, 0.1) is 5.82 Å². The van der Waals surface area contributed by atoms with Gasteiger partial charge in [-0.1, -0.05) is 47.6 Å². The lowest BCUT2D eigenvalue weighted by Crippen LogP contribution is -2.11. The number of halogens is 1. The van der Waals surface area contributed by atoms with Gasteiger partial charge in [0.15, 0.2) is 0 Å². The first-order chi connectivity index (χ1) is 9.31. The molecule has 2 nitrogen and oxygen atoms in total. The van der Waals surface area contributed by atoms with Gasteiger partial charge < -0.3 is 4.84 Å². The summed E-state index contributed by atoms with van der Waals surface area (Å²) in [6.07, 6.45) is 1.68. The number of rotatable bonds is 3. The van der Waals surface area contributed by atoms with E-state index in [4.69, 9.17) is 4.84 Å². The van der Waals surface area contributed by atoms with E-state index in [1.807, 2.05) is 18.2 Å². The Kier molecular flexibility index (Phi) is 3.27. The van der Waals surface area contributed by atoms with Crippen molar-refractivity contribution in [3.8, 4) is 0 Å². The van der Waals surface area contributed by atoms with Gasteiger partial charge in [-0.3, -0.25) is 0 Å². The van der Waals surface area contributed by atoms with Gasteiger partial charge in [0.25, 0.3) is 0 Å². The second-order valence-electron chi connectivity index (χ2n) is 4.67. The van der Waals surface area contributed by atoms with Crippen molar-refractivity contribution < 1.29 is 9.23 Å². The maximum Gasteiger partial charge on any atom is 0.137 e. The fourth-order valence-corrected chi connectivity index (χ4v) is 2.23. The number of oxime groups is 1. The molecule has 3 heteroatoms. The lowest BCUT2D eigenvalue weighted by Gasteiger charge is -2.07. The molecule has 0 N–H and O–H groups in total. The molecule has 0 aliphatic carbocycles. The highest BCUT2D eigenvalue weighted by atomic mass is 19.1. The van der Waals surface area contributed by atoms with Crippen LogP contribution in [-0.2, 0) is 11.3 Å². The fraction of sp³-hybridized carbons (Fsp3) is 0.188. The molecule has 0 saturated carbocycles. The molecule has 2 aromatic carbocycles. The van der Waals surface area contributed by atoms with E-state index in [-0.39, 0.29) is 11.9 Å². The minimum absolute atomic E-state index is 0.0717. The Morgan fingerprint density at radius 2 is 1.79 bits per heavy atom. The molecule has 1 aliphatic rings. The molecule has 0 amide bonds. The lowest BCUT2D eigenvalue weighted by atomic mass is 10.0. The molecule has 0 aromatic heterocycles. The Morgan fingerprint density at radius 3 is 2.53 bits per heavy atom. The van der Waals surface area contributed by atoms with Crippen LogP contribution in [0.5, 0.6) is 0 Å². The van der Waals surface area contributed by atoms with E-state index in [9.17, 15) is 4.39 Å². The van der Waals surface area contributed by atoms with Gasteiger partial charge in [0.1, 0.15) is 11.9 Å². The Hall–Kier alpha value is -2.16. The van der Waals surface area contributed by atoms with Gasteiger partial charge in [-0.25, -0.2) is 4.39 Å². The highest BCUT2D eigenvalue weighted by molar-refractivity contribution is 6.01. The van der Waals surface area contributed by atoms with Crippen molar-refractivity contribution in [2.75, 3.05) is 0 Å². The highest BCUT2D eigenvalue weighted by Gasteiger charge is 2.22. The van der Waals surface area contributed by atoms with E-state index in [0.717, 1.165) is 24.1 Å². The summed E-state index contributed by atoms with van der Waals surface area (Å²) in [6.45, 7) is 0. The second kappa shape index (κ2) is 5.22. The van der Waals surface area contributed by atoms with Crippen molar-refractivity contribution in [2.45, 2.75) is 18.9 Å². The lowest BCUT2D eigenvalue weighted by molar-refractivity contribution is 0.0859. The minimum Gasteiger partial charge on any atom is -0.391 e. The molecule has 1 unspecified atom stereocenters. The van der Waals surface area contributed by atoms with E-state index < -0.39 is 0 Å². The highest BCUT2D eigenvalue weighted by Crippen LogP contribution is 2.20. The second-order valence-corrected chi connectivity index (χ2v) is 4.67. The average Bonchev–Trinajstić information content (AvgIpc) is 2.89. The zero-order valence-corrected chi connectivity index (χ0v) is 10.4. The van der Waals surface area contributed by atoms with Gasteiger partial charge in [-0.2, -0.15) is 0 Å². The van der Waals surface area contributed by atoms with Gasteiger partial charge in [0, 0.05) is 12.8 Å². The molecule has 0 bridgehead atoms. The van der Waals surface area contributed by atoms with Gasteiger partial charge in [0.05, 0.1) is 5.71 Å². The molecule has 3 rings (SSSR count). The first-order valence-corrected chi connectivity index (χ1v) is 6.34. The smallest absolute Gasteiger partial charge is 0.137 e. The van der Waals surface area contributed by atoms with Crippen LogP contribution in [0.4, 0.5) is 4.39 Å². The van der Waals surface area contributed by atoms with Crippen LogP contribution < -0.4 is 0 Å². The monoisotopic (exact) mass is 255 g/mol. The largest absolute Gasteiger partial charge is 0.391 e. The van der Waals surface area contributed by atoms with Crippen molar-refractivity contribution >= 4 is 5.71 Å². The average molecular weight is 255 g/mol. The van der Waals surface area contributed by atoms with Crippen molar-refractivity contribution in [1.82, 2.24) is 0 Å². The summed E-state index contributed by atoms with van der Waals surface area (Å²) in [5.41, 5.74) is 3.06. The van der Waals surface area contributed by atoms with Gasteiger partial charge in [0.2, 0.25) is 0 Å². The fourth-order valence-electron chi connectivity index (χ4n) is 2.23. The Labute approximate surface area is 111 Å². The van der Waals surface area contributed by atoms with Crippen molar-refractivity contribution in [3.05, 3.63) is 71.5 Å². The normalized spacial score (nSPS) is 17.9. The number of hydrogen-bond acceptors (Lipinski definition) is 2. The minimum atomic E-state index is -0.232. The van der Waals surface area contributed by atoms with E-state index in [2.05, 4.69) is 17.3 Å². The first kappa shape index (κ1) is 11.9. The summed E-state index contributed by atoms with van der Waals surface area (Å²) >= 11 is 0. The molecule has 96 valence electrons. The third-order valence-corrected chi connectivity index (χ3v) is 3.22. The van der Waals surface area contributed by atoms with Crippen LogP contribution in [0.2, 0.25) is 0 Å². The molecule has 1 aliphatic heterocycles. The summed E-state index contributed by atoms with van der Waals surface area (Å²) in [5.74, 6) is -0.232. The van der Waals surface area contributed by atoms with Crippen LogP contribution >= 0.6 is 0 Å². The summed E-state index contributed by atoms with van der Waals surface area (Å²) < 4.78 is 12.9. The third kappa shape index (κ3) is 2.81. The molecule has 2 aromatic rings. The molecule has 1 atom stereocenters. The Balaban J connectivity index is 1.65. The van der Waals surface area contributed by atoms with Crippen LogP contribution in [0.3, 0.4) is 0 Å². The predicted octanol–water partition coefficient (Wildman–Crippen LogP) is 3.56. The molecule has 0 radical (unpaired) electrons. The maximum absolute atomic E-state index is 12.9. The number of nitrogens with zero attached hydrogens (tertiary/aromatic N) is 1. The number of benzene rings is 2. The zero-order valence-electron chi connectivity index (χ0n) is 10.4. The Bertz CT molecular complexity index is 577. The quantitative estimate of drug-likeness (QED) is 0.821. The number of hydrogen-bond donors (Lipinski definition) is 0. The van der Waals surface area contributed by atoms with Gasteiger partial charge >= 0.3 is 0 Å². The zero-order chi connectivity index (χ0) is 13.1. The van der Waals surface area contributed by atoms with Gasteiger partial charge in [-0.05, 0) is 23.3 Å². The van der Waals surface area contributed by atoms with Crippen molar-refractivity contribution in [1.29, 1.82) is 0 Å². The van der Waals surface area contributed by atoms with Crippen LogP contribution in [0.25, 0.3) is 0 Å². The molecule has 19 heavy (non-hydrogen) atoms. The van der Waals surface area contributed by atoms with Crippen LogP contribution in [-0.4, -0.2) is 11.8 Å². The van der Waals surface area contributed by atoms with Gasteiger partial charge in [-0.15, -0.1) is 0 Å². The Morgan fingerprint density at radius 1 is 1.05 bits per heavy atom. The summed E-state index contributed by atoms with van der Waals surface area (Å²) in [4.78, 5) is 5.45. The topological polar surface area (TPSA) is 21.6 Å². The van der Waals surface area contributed by atoms with Crippen molar-refractivity contribution in [2.24, 2.45) is 5.16 Å². The molecular formula is C16H14FNO. The molecular weight excluding hydrogens is 241 g/mol. The standard InChI is InChI=1S/C16H14FNO/c17-14-8-6-13(7-9-14)16-11-15(19-18-16)10-12-4-2-1-3-5-12/h1-9,15H,10-11H2. The third-order valence-electron chi connectivity index (χ3n) is 3.22. The van der Waals surface area contributed by atoms with E-state index in [0.29, 0.717) is 0 Å². The first-order valence-electron chi connectivity index (χ1n) is 6.34. The van der Waals surface area contributed by atoms with Crippen LogP contribution in [0.15, 0.2) is 59.8 Å². The summed E-state index contributed by atoms with van der Waals surface area (Å²) in [7, 11) is 0. The molecule has 1 heterocycles. The van der Waals surface area contributed by atoms with E-state index in [1.54, 1.807) is 12.1 Å². The SMILES string of the molecule is Fc1ccc(C2=NOC(Cc3ccccc3)C2)cc1. The van der Waals surface area contributed by atoms with Crippen LogP contribution in [0.1, 0.15) is 17.5 Å². The molecule has 0 fully saturated rings.